The van der Waals surface area contributed by atoms with Gasteiger partial charge in [-0.05, 0) is 67.0 Å². The molecule has 0 unspecified atom stereocenters. The third-order valence-corrected chi connectivity index (χ3v) is 5.95. The van der Waals surface area contributed by atoms with Crippen molar-refractivity contribution in [2.75, 3.05) is 12.4 Å². The van der Waals surface area contributed by atoms with Gasteiger partial charge in [-0.25, -0.2) is 4.98 Å². The zero-order chi connectivity index (χ0) is 19.3. The van der Waals surface area contributed by atoms with Crippen LogP contribution in [0.25, 0.3) is 11.3 Å². The van der Waals surface area contributed by atoms with Crippen molar-refractivity contribution in [3.05, 3.63) is 64.5 Å². The average molecular weight is 393 g/mol. The van der Waals surface area contributed by atoms with Crippen molar-refractivity contribution < 1.29 is 9.53 Å². The van der Waals surface area contributed by atoms with E-state index >= 15 is 0 Å². The number of benzene rings is 2. The summed E-state index contributed by atoms with van der Waals surface area (Å²) in [6.45, 7) is 0. The van der Waals surface area contributed by atoms with Gasteiger partial charge in [-0.3, -0.25) is 4.79 Å². The zero-order valence-corrected chi connectivity index (χ0v) is 16.8. The van der Waals surface area contributed by atoms with E-state index < -0.39 is 0 Å². The standard InChI is InChI=1S/C23H24N2O2S/c1-27-20-11-6-16(7-12-20)8-13-22(26)25-23-24-21(15-28-23)19-10-9-17-4-2-3-5-18(17)14-19/h6-7,9-12,14-15H,2-5,8,13H2,1H3,(H,24,25,26). The van der Waals surface area contributed by atoms with Crippen LogP contribution in [-0.4, -0.2) is 18.0 Å². The second-order valence-electron chi connectivity index (χ2n) is 7.12. The summed E-state index contributed by atoms with van der Waals surface area (Å²) < 4.78 is 5.16. The largest absolute Gasteiger partial charge is 0.497 e. The molecule has 1 amide bonds. The Hall–Kier alpha value is -2.66. The summed E-state index contributed by atoms with van der Waals surface area (Å²) in [4.78, 5) is 16.9. The van der Waals surface area contributed by atoms with Crippen LogP contribution >= 0.6 is 11.3 Å². The molecule has 4 rings (SSSR count). The number of hydrogen-bond acceptors (Lipinski definition) is 4. The molecule has 2 aromatic carbocycles. The molecule has 0 bridgehead atoms. The number of nitrogens with zero attached hydrogens (tertiary/aromatic N) is 1. The second-order valence-corrected chi connectivity index (χ2v) is 7.98. The molecule has 1 aliphatic rings. The summed E-state index contributed by atoms with van der Waals surface area (Å²) in [5, 5.41) is 5.61. The number of aryl methyl sites for hydroxylation is 3. The molecule has 0 fully saturated rings. The lowest BCUT2D eigenvalue weighted by Crippen LogP contribution is -2.12. The van der Waals surface area contributed by atoms with Gasteiger partial charge in [-0.15, -0.1) is 11.3 Å². The zero-order valence-electron chi connectivity index (χ0n) is 16.0. The van der Waals surface area contributed by atoms with Gasteiger partial charge in [0.1, 0.15) is 5.75 Å². The van der Waals surface area contributed by atoms with Crippen molar-refractivity contribution in [2.24, 2.45) is 0 Å². The minimum absolute atomic E-state index is 0.0119. The van der Waals surface area contributed by atoms with Crippen LogP contribution in [0, 0.1) is 0 Å². The number of fused-ring (bicyclic) bond motifs is 1. The number of methoxy groups -OCH3 is 1. The monoisotopic (exact) mass is 392 g/mol. The predicted octanol–water partition coefficient (Wildman–Crippen LogP) is 5.27. The first-order valence-electron chi connectivity index (χ1n) is 9.72. The lowest BCUT2D eigenvalue weighted by Gasteiger charge is -2.16. The van der Waals surface area contributed by atoms with E-state index in [4.69, 9.17) is 4.74 Å². The number of anilines is 1. The lowest BCUT2D eigenvalue weighted by atomic mass is 9.90. The maximum atomic E-state index is 12.3. The summed E-state index contributed by atoms with van der Waals surface area (Å²) in [6, 6.07) is 14.5. The molecule has 4 nitrogen and oxygen atoms in total. The number of hydrogen-bond donors (Lipinski definition) is 1. The Morgan fingerprint density at radius 2 is 1.89 bits per heavy atom. The molecule has 0 atom stereocenters. The Labute approximate surface area is 169 Å². The minimum Gasteiger partial charge on any atom is -0.497 e. The Morgan fingerprint density at radius 1 is 1.11 bits per heavy atom. The third-order valence-electron chi connectivity index (χ3n) is 5.19. The molecule has 0 saturated heterocycles. The van der Waals surface area contributed by atoms with Gasteiger partial charge in [0.2, 0.25) is 5.91 Å². The normalized spacial score (nSPS) is 13.0. The summed E-state index contributed by atoms with van der Waals surface area (Å²) in [7, 11) is 1.65. The van der Waals surface area contributed by atoms with Gasteiger partial charge in [0, 0.05) is 17.4 Å². The molecule has 3 aromatic rings. The van der Waals surface area contributed by atoms with E-state index in [-0.39, 0.29) is 5.91 Å². The molecule has 1 aromatic heterocycles. The highest BCUT2D eigenvalue weighted by atomic mass is 32.1. The van der Waals surface area contributed by atoms with Crippen LogP contribution < -0.4 is 10.1 Å². The first kappa shape index (κ1) is 18.7. The van der Waals surface area contributed by atoms with Crippen molar-refractivity contribution in [2.45, 2.75) is 38.5 Å². The third kappa shape index (κ3) is 4.42. The minimum atomic E-state index is -0.0119. The summed E-state index contributed by atoms with van der Waals surface area (Å²) in [5.41, 5.74) is 6.10. The number of thiazole rings is 1. The fourth-order valence-corrected chi connectivity index (χ4v) is 4.32. The van der Waals surface area contributed by atoms with Gasteiger partial charge in [0.05, 0.1) is 12.8 Å². The average Bonchev–Trinajstić information content (AvgIpc) is 3.20. The Bertz CT molecular complexity index is 963. The molecule has 1 N–H and O–H groups in total. The fraction of sp³-hybridized carbons (Fsp3) is 0.304. The van der Waals surface area contributed by atoms with Crippen LogP contribution in [0.4, 0.5) is 5.13 Å². The van der Waals surface area contributed by atoms with E-state index in [1.165, 1.54) is 41.7 Å². The van der Waals surface area contributed by atoms with Crippen molar-refractivity contribution in [3.63, 3.8) is 0 Å². The first-order chi connectivity index (χ1) is 13.7. The number of carbonyl (C=O) groups excluding carboxylic acids is 1. The summed E-state index contributed by atoms with van der Waals surface area (Å²) in [5.74, 6) is 0.813. The van der Waals surface area contributed by atoms with Gasteiger partial charge in [0.25, 0.3) is 0 Å². The van der Waals surface area contributed by atoms with Crippen LogP contribution in [0.3, 0.4) is 0 Å². The van der Waals surface area contributed by atoms with Gasteiger partial charge in [-0.2, -0.15) is 0 Å². The number of amides is 1. The predicted molar refractivity (Wildman–Crippen MR) is 114 cm³/mol. The Balaban J connectivity index is 1.35. The smallest absolute Gasteiger partial charge is 0.226 e. The van der Waals surface area contributed by atoms with Crippen LogP contribution in [-0.2, 0) is 24.1 Å². The molecule has 1 heterocycles. The second kappa shape index (κ2) is 8.57. The van der Waals surface area contributed by atoms with E-state index in [0.29, 0.717) is 18.0 Å². The maximum Gasteiger partial charge on any atom is 0.226 e. The molecule has 0 aliphatic heterocycles. The fourth-order valence-electron chi connectivity index (χ4n) is 3.59. The molecule has 0 saturated carbocycles. The maximum absolute atomic E-state index is 12.3. The molecule has 144 valence electrons. The molecule has 5 heteroatoms. The van der Waals surface area contributed by atoms with Gasteiger partial charge < -0.3 is 10.1 Å². The van der Waals surface area contributed by atoms with Gasteiger partial charge >= 0.3 is 0 Å². The summed E-state index contributed by atoms with van der Waals surface area (Å²) >= 11 is 1.48. The van der Waals surface area contributed by atoms with Gasteiger partial charge in [-0.1, -0.05) is 24.3 Å². The van der Waals surface area contributed by atoms with Crippen LogP contribution in [0.2, 0.25) is 0 Å². The number of nitrogens with one attached hydrogen (secondary N) is 1. The van der Waals surface area contributed by atoms with Crippen LogP contribution in [0.15, 0.2) is 47.8 Å². The van der Waals surface area contributed by atoms with Crippen LogP contribution in [0.5, 0.6) is 5.75 Å². The number of aromatic nitrogens is 1. The molecular formula is C23H24N2O2S. The molecular weight excluding hydrogens is 368 g/mol. The number of rotatable bonds is 6. The first-order valence-corrected chi connectivity index (χ1v) is 10.6. The van der Waals surface area contributed by atoms with Crippen LogP contribution in [0.1, 0.15) is 36.0 Å². The van der Waals surface area contributed by atoms with Crippen molar-refractivity contribution in [3.8, 4) is 17.0 Å². The van der Waals surface area contributed by atoms with Crippen molar-refractivity contribution in [1.82, 2.24) is 4.98 Å². The highest BCUT2D eigenvalue weighted by Crippen LogP contribution is 2.29. The van der Waals surface area contributed by atoms with E-state index in [1.54, 1.807) is 7.11 Å². The van der Waals surface area contributed by atoms with Gasteiger partial charge in [0.15, 0.2) is 5.13 Å². The molecule has 28 heavy (non-hydrogen) atoms. The lowest BCUT2D eigenvalue weighted by molar-refractivity contribution is -0.116. The number of ether oxygens (including phenoxy) is 1. The van der Waals surface area contributed by atoms with Crippen molar-refractivity contribution >= 4 is 22.4 Å². The summed E-state index contributed by atoms with van der Waals surface area (Å²) in [6.07, 6.45) is 6.02. The Kier molecular flexibility index (Phi) is 5.72. The Morgan fingerprint density at radius 3 is 2.68 bits per heavy atom. The molecule has 0 radical (unpaired) electrons. The quantitative estimate of drug-likeness (QED) is 0.622. The molecule has 1 aliphatic carbocycles. The van der Waals surface area contributed by atoms with E-state index in [0.717, 1.165) is 29.0 Å². The van der Waals surface area contributed by atoms with Crippen molar-refractivity contribution in [1.29, 1.82) is 0 Å². The SMILES string of the molecule is COc1ccc(CCC(=O)Nc2nc(-c3ccc4c(c3)CCCC4)cs2)cc1. The molecule has 0 spiro atoms. The highest BCUT2D eigenvalue weighted by Gasteiger charge is 2.13. The topological polar surface area (TPSA) is 51.2 Å². The van der Waals surface area contributed by atoms with E-state index in [2.05, 4.69) is 28.5 Å². The van der Waals surface area contributed by atoms with E-state index in [9.17, 15) is 4.79 Å². The highest BCUT2D eigenvalue weighted by molar-refractivity contribution is 7.14. The number of carbonyl (C=O) groups is 1. The van der Waals surface area contributed by atoms with E-state index in [1.807, 2.05) is 29.6 Å².